The minimum atomic E-state index is -0.157. The van der Waals surface area contributed by atoms with Crippen LogP contribution in [-0.4, -0.2) is 44.9 Å². The summed E-state index contributed by atoms with van der Waals surface area (Å²) in [5.41, 5.74) is 2.70. The number of hydrogen-bond acceptors (Lipinski definition) is 5. The van der Waals surface area contributed by atoms with Gasteiger partial charge in [-0.25, -0.2) is 9.97 Å². The Morgan fingerprint density at radius 3 is 2.96 bits per heavy atom. The molecule has 7 heteroatoms. The number of ether oxygens (including phenoxy) is 1. The minimum absolute atomic E-state index is 0.00971. The predicted octanol–water partition coefficient (Wildman–Crippen LogP) is 2.73. The first-order valence-corrected chi connectivity index (χ1v) is 9.20. The summed E-state index contributed by atoms with van der Waals surface area (Å²) in [6.45, 7) is 1.60. The van der Waals surface area contributed by atoms with Crippen LogP contribution >= 0.6 is 0 Å². The van der Waals surface area contributed by atoms with Crippen LogP contribution in [0.4, 0.5) is 5.69 Å². The van der Waals surface area contributed by atoms with Gasteiger partial charge >= 0.3 is 0 Å². The second kappa shape index (κ2) is 7.75. The molecule has 1 amide bonds. The Bertz CT molecular complexity index is 922. The molecule has 140 valence electrons. The maximum Gasteiger partial charge on any atom is 0.241 e. The number of anilines is 1. The third-order valence-corrected chi connectivity index (χ3v) is 4.99. The molecule has 1 N–H and O–H groups in total. The molecule has 7 nitrogen and oxygen atoms in total. The van der Waals surface area contributed by atoms with E-state index in [0.717, 1.165) is 37.1 Å². The van der Waals surface area contributed by atoms with E-state index in [4.69, 9.17) is 4.74 Å². The summed E-state index contributed by atoms with van der Waals surface area (Å²) >= 11 is 0. The van der Waals surface area contributed by atoms with E-state index in [9.17, 15) is 4.79 Å². The smallest absolute Gasteiger partial charge is 0.241 e. The van der Waals surface area contributed by atoms with Gasteiger partial charge in [-0.05, 0) is 37.6 Å². The van der Waals surface area contributed by atoms with Crippen LogP contribution in [0.5, 0.6) is 5.88 Å². The number of nitrogens with zero attached hydrogens (tertiary/aromatic N) is 4. The fraction of sp³-hybridized carbons (Fsp3) is 0.350. The molecule has 4 rings (SSSR count). The van der Waals surface area contributed by atoms with Gasteiger partial charge < -0.3 is 14.5 Å². The Morgan fingerprint density at radius 1 is 1.22 bits per heavy atom. The van der Waals surface area contributed by atoms with Gasteiger partial charge in [-0.3, -0.25) is 9.69 Å². The molecule has 1 aliphatic heterocycles. The van der Waals surface area contributed by atoms with Crippen molar-refractivity contribution in [2.45, 2.75) is 31.8 Å². The molecule has 3 aromatic rings. The van der Waals surface area contributed by atoms with Crippen LogP contribution in [-0.2, 0) is 11.3 Å². The molecule has 0 aromatic carbocycles. The summed E-state index contributed by atoms with van der Waals surface area (Å²) < 4.78 is 7.14. The summed E-state index contributed by atoms with van der Waals surface area (Å²) in [4.78, 5) is 23.7. The topological polar surface area (TPSA) is 71.8 Å². The lowest BCUT2D eigenvalue weighted by Crippen LogP contribution is -2.46. The molecule has 3 aromatic heterocycles. The van der Waals surface area contributed by atoms with E-state index >= 15 is 0 Å². The van der Waals surface area contributed by atoms with Crippen molar-refractivity contribution in [1.29, 1.82) is 0 Å². The zero-order chi connectivity index (χ0) is 18.6. The highest BCUT2D eigenvalue weighted by Gasteiger charge is 2.29. The first-order chi connectivity index (χ1) is 13.2. The van der Waals surface area contributed by atoms with Crippen LogP contribution in [0.15, 0.2) is 48.9 Å². The molecule has 1 saturated heterocycles. The maximum absolute atomic E-state index is 12.9. The van der Waals surface area contributed by atoms with Gasteiger partial charge in [-0.1, -0.05) is 12.5 Å². The highest BCUT2D eigenvalue weighted by atomic mass is 16.5. The SMILES string of the molecule is COc1ccc(NC(=O)C2CCCCN2Cc2cnc3ccccn23)cn1. The number of rotatable bonds is 5. The summed E-state index contributed by atoms with van der Waals surface area (Å²) in [6, 6.07) is 9.35. The van der Waals surface area contributed by atoms with Gasteiger partial charge in [0.1, 0.15) is 5.65 Å². The molecule has 0 radical (unpaired) electrons. The second-order valence-electron chi connectivity index (χ2n) is 6.74. The summed E-state index contributed by atoms with van der Waals surface area (Å²) in [5.74, 6) is 0.537. The molecule has 0 saturated carbocycles. The molecule has 0 spiro atoms. The number of imidazole rings is 1. The Kier molecular flexibility index (Phi) is 5.02. The van der Waals surface area contributed by atoms with Crippen LogP contribution in [0.25, 0.3) is 5.65 Å². The highest BCUT2D eigenvalue weighted by Crippen LogP contribution is 2.22. The van der Waals surface area contributed by atoms with Crippen molar-refractivity contribution in [3.63, 3.8) is 0 Å². The van der Waals surface area contributed by atoms with Gasteiger partial charge in [0.05, 0.1) is 36.9 Å². The zero-order valence-corrected chi connectivity index (χ0v) is 15.3. The minimum Gasteiger partial charge on any atom is -0.481 e. The van der Waals surface area contributed by atoms with Gasteiger partial charge in [-0.15, -0.1) is 0 Å². The summed E-state index contributed by atoms with van der Waals surface area (Å²) in [7, 11) is 1.57. The molecule has 0 bridgehead atoms. The number of piperidine rings is 1. The number of likely N-dealkylation sites (tertiary alicyclic amines) is 1. The van der Waals surface area contributed by atoms with Crippen molar-refractivity contribution in [3.8, 4) is 5.88 Å². The largest absolute Gasteiger partial charge is 0.481 e. The van der Waals surface area contributed by atoms with Crippen molar-refractivity contribution in [3.05, 3.63) is 54.6 Å². The third kappa shape index (κ3) is 3.78. The molecule has 1 aliphatic rings. The second-order valence-corrected chi connectivity index (χ2v) is 6.74. The van der Waals surface area contributed by atoms with Crippen molar-refractivity contribution in [1.82, 2.24) is 19.3 Å². The molecule has 1 fully saturated rings. The van der Waals surface area contributed by atoms with Crippen LogP contribution in [0.3, 0.4) is 0 Å². The van der Waals surface area contributed by atoms with Crippen LogP contribution in [0.2, 0.25) is 0 Å². The van der Waals surface area contributed by atoms with E-state index in [2.05, 4.69) is 24.6 Å². The predicted molar refractivity (Wildman–Crippen MR) is 103 cm³/mol. The van der Waals surface area contributed by atoms with E-state index in [1.807, 2.05) is 30.6 Å². The van der Waals surface area contributed by atoms with Gasteiger partial charge in [0.15, 0.2) is 0 Å². The van der Waals surface area contributed by atoms with Crippen molar-refractivity contribution in [2.75, 3.05) is 19.0 Å². The number of hydrogen-bond donors (Lipinski definition) is 1. The fourth-order valence-electron chi connectivity index (χ4n) is 3.59. The van der Waals surface area contributed by atoms with Crippen LogP contribution in [0, 0.1) is 0 Å². The lowest BCUT2D eigenvalue weighted by atomic mass is 10.0. The van der Waals surface area contributed by atoms with E-state index in [0.29, 0.717) is 18.1 Å². The number of fused-ring (bicyclic) bond motifs is 1. The lowest BCUT2D eigenvalue weighted by Gasteiger charge is -2.34. The van der Waals surface area contributed by atoms with Crippen LogP contribution < -0.4 is 10.1 Å². The maximum atomic E-state index is 12.9. The number of carbonyl (C=O) groups excluding carboxylic acids is 1. The zero-order valence-electron chi connectivity index (χ0n) is 15.3. The van der Waals surface area contributed by atoms with Gasteiger partial charge in [0.2, 0.25) is 11.8 Å². The average molecular weight is 365 g/mol. The number of pyridine rings is 2. The van der Waals surface area contributed by atoms with Crippen molar-refractivity contribution < 1.29 is 9.53 Å². The number of methoxy groups -OCH3 is 1. The highest BCUT2D eigenvalue weighted by molar-refractivity contribution is 5.94. The number of nitrogens with one attached hydrogen (secondary N) is 1. The van der Waals surface area contributed by atoms with E-state index in [1.54, 1.807) is 25.4 Å². The Morgan fingerprint density at radius 2 is 2.15 bits per heavy atom. The van der Waals surface area contributed by atoms with Gasteiger partial charge in [-0.2, -0.15) is 0 Å². The standard InChI is InChI=1S/C20H23N5O2/c1-27-19-9-8-15(12-22-19)23-20(26)17-6-2-4-10-24(17)14-16-13-21-18-7-3-5-11-25(16)18/h3,5,7-9,11-13,17H,2,4,6,10,14H2,1H3,(H,23,26). The molecule has 0 aliphatic carbocycles. The van der Waals surface area contributed by atoms with E-state index in [-0.39, 0.29) is 11.9 Å². The van der Waals surface area contributed by atoms with E-state index in [1.165, 1.54) is 0 Å². The average Bonchev–Trinajstić information content (AvgIpc) is 3.12. The molecular weight excluding hydrogens is 342 g/mol. The quantitative estimate of drug-likeness (QED) is 0.753. The normalized spacial score (nSPS) is 17.7. The van der Waals surface area contributed by atoms with Gasteiger partial charge in [0, 0.05) is 18.8 Å². The van der Waals surface area contributed by atoms with Gasteiger partial charge in [0.25, 0.3) is 0 Å². The molecule has 1 unspecified atom stereocenters. The Balaban J connectivity index is 1.48. The lowest BCUT2D eigenvalue weighted by molar-refractivity contribution is -0.122. The number of carbonyl (C=O) groups is 1. The molecular formula is C20H23N5O2. The van der Waals surface area contributed by atoms with E-state index < -0.39 is 0 Å². The monoisotopic (exact) mass is 365 g/mol. The number of amides is 1. The number of aromatic nitrogens is 3. The first-order valence-electron chi connectivity index (χ1n) is 9.20. The van der Waals surface area contributed by atoms with Crippen LogP contribution in [0.1, 0.15) is 25.0 Å². The third-order valence-electron chi connectivity index (χ3n) is 4.99. The van der Waals surface area contributed by atoms with Crippen molar-refractivity contribution >= 4 is 17.2 Å². The first kappa shape index (κ1) is 17.5. The summed E-state index contributed by atoms with van der Waals surface area (Å²) in [6.07, 6.45) is 8.54. The molecule has 1 atom stereocenters. The summed E-state index contributed by atoms with van der Waals surface area (Å²) in [5, 5.41) is 2.99. The Labute approximate surface area is 158 Å². The fourth-order valence-corrected chi connectivity index (χ4v) is 3.59. The molecule has 4 heterocycles. The van der Waals surface area contributed by atoms with Crippen molar-refractivity contribution in [2.24, 2.45) is 0 Å². The Hall–Kier alpha value is -2.93. The molecule has 27 heavy (non-hydrogen) atoms.